The second-order valence-electron chi connectivity index (χ2n) is 4.01. The van der Waals surface area contributed by atoms with Crippen LogP contribution in [0, 0.1) is 22.7 Å². The van der Waals surface area contributed by atoms with Crippen molar-refractivity contribution >= 4 is 0 Å². The zero-order chi connectivity index (χ0) is 7.90. The predicted octanol–water partition coefficient (Wildman–Crippen LogP) is 2.65. The topological polar surface area (TPSA) is 23.8 Å². The summed E-state index contributed by atoms with van der Waals surface area (Å²) in [7, 11) is 0. The fourth-order valence-electron chi connectivity index (χ4n) is 2.20. The highest BCUT2D eigenvalue weighted by molar-refractivity contribution is 5.19. The van der Waals surface area contributed by atoms with E-state index in [0.717, 1.165) is 6.42 Å². The summed E-state index contributed by atoms with van der Waals surface area (Å²) < 4.78 is 0. The van der Waals surface area contributed by atoms with Crippen LogP contribution >= 0.6 is 0 Å². The molecule has 1 heteroatoms. The average Bonchev–Trinajstić information content (AvgIpc) is 2.70. The first-order chi connectivity index (χ1) is 5.27. The van der Waals surface area contributed by atoms with Crippen LogP contribution in [0.4, 0.5) is 0 Å². The minimum absolute atomic E-state index is 0.325. The Kier molecular flexibility index (Phi) is 1.32. The predicted molar refractivity (Wildman–Crippen MR) is 43.8 cm³/mol. The Morgan fingerprint density at radius 3 is 2.91 bits per heavy atom. The molecule has 0 aliphatic heterocycles. The minimum atomic E-state index is 0.325. The number of nitrogens with zero attached hydrogens (tertiary/aromatic N) is 1. The normalized spacial score (nSPS) is 32.7. The molecule has 11 heavy (non-hydrogen) atoms. The molecule has 0 aromatic rings. The minimum Gasteiger partial charge on any atom is -0.198 e. The summed E-state index contributed by atoms with van der Waals surface area (Å²) in [6.45, 7) is 2.19. The molecule has 1 saturated carbocycles. The lowest BCUT2D eigenvalue weighted by atomic mass is 9.78. The van der Waals surface area contributed by atoms with Crippen LogP contribution in [-0.4, -0.2) is 0 Å². The molecule has 1 nitrogen and oxygen atoms in total. The van der Waals surface area contributed by atoms with E-state index in [9.17, 15) is 0 Å². The van der Waals surface area contributed by atoms with E-state index in [1.165, 1.54) is 24.8 Å². The van der Waals surface area contributed by atoms with Gasteiger partial charge in [-0.25, -0.2) is 0 Å². The number of hydrogen-bond donors (Lipinski definition) is 0. The van der Waals surface area contributed by atoms with Crippen LogP contribution in [0.5, 0.6) is 0 Å². The molecule has 0 amide bonds. The zero-order valence-electron chi connectivity index (χ0n) is 6.93. The summed E-state index contributed by atoms with van der Waals surface area (Å²) >= 11 is 0. The van der Waals surface area contributed by atoms with Gasteiger partial charge in [0, 0.05) is 0 Å². The molecule has 0 bridgehead atoms. The Morgan fingerprint density at radius 1 is 1.64 bits per heavy atom. The van der Waals surface area contributed by atoms with E-state index < -0.39 is 0 Å². The fourth-order valence-corrected chi connectivity index (χ4v) is 2.20. The third-order valence-corrected chi connectivity index (χ3v) is 3.12. The van der Waals surface area contributed by atoms with E-state index in [1.54, 1.807) is 0 Å². The highest BCUT2D eigenvalue weighted by Gasteiger charge is 2.50. The number of hydrogen-bond acceptors (Lipinski definition) is 1. The first kappa shape index (κ1) is 6.91. The quantitative estimate of drug-likeness (QED) is 0.483. The van der Waals surface area contributed by atoms with Gasteiger partial charge in [0.05, 0.1) is 12.0 Å². The first-order valence-electron chi connectivity index (χ1n) is 4.32. The van der Waals surface area contributed by atoms with Gasteiger partial charge < -0.3 is 0 Å². The lowest BCUT2D eigenvalue weighted by Crippen LogP contribution is -2.17. The Hall–Kier alpha value is -0.770. The second kappa shape index (κ2) is 2.11. The number of rotatable bonds is 0. The van der Waals surface area contributed by atoms with Crippen molar-refractivity contribution in [3.63, 3.8) is 0 Å². The molecular formula is C10H13N. The summed E-state index contributed by atoms with van der Waals surface area (Å²) in [5, 5.41) is 8.87. The van der Waals surface area contributed by atoms with Crippen molar-refractivity contribution < 1.29 is 0 Å². The molecule has 2 aliphatic rings. The van der Waals surface area contributed by atoms with Crippen molar-refractivity contribution in [1.82, 2.24) is 0 Å². The van der Waals surface area contributed by atoms with Gasteiger partial charge in [-0.15, -0.1) is 0 Å². The molecule has 0 aromatic carbocycles. The highest BCUT2D eigenvalue weighted by Crippen LogP contribution is 2.59. The van der Waals surface area contributed by atoms with E-state index in [0.29, 0.717) is 11.3 Å². The average molecular weight is 147 g/mol. The molecule has 0 aromatic heterocycles. The van der Waals surface area contributed by atoms with E-state index in [2.05, 4.69) is 19.1 Å². The van der Waals surface area contributed by atoms with Gasteiger partial charge in [-0.3, -0.25) is 0 Å². The molecule has 1 spiro atoms. The van der Waals surface area contributed by atoms with Gasteiger partial charge in [0.2, 0.25) is 0 Å². The van der Waals surface area contributed by atoms with E-state index in [-0.39, 0.29) is 0 Å². The lowest BCUT2D eigenvalue weighted by molar-refractivity contribution is 0.358. The van der Waals surface area contributed by atoms with E-state index in [4.69, 9.17) is 5.26 Å². The summed E-state index contributed by atoms with van der Waals surface area (Å²) in [6.07, 6.45) is 7.00. The molecule has 58 valence electrons. The van der Waals surface area contributed by atoms with Gasteiger partial charge in [0.25, 0.3) is 0 Å². The van der Waals surface area contributed by atoms with Crippen LogP contribution < -0.4 is 0 Å². The largest absolute Gasteiger partial charge is 0.198 e. The van der Waals surface area contributed by atoms with Gasteiger partial charge in [-0.1, -0.05) is 11.6 Å². The molecular weight excluding hydrogens is 134 g/mol. The summed E-state index contributed by atoms with van der Waals surface area (Å²) in [6, 6.07) is 2.43. The van der Waals surface area contributed by atoms with Gasteiger partial charge in [0.15, 0.2) is 0 Å². The smallest absolute Gasteiger partial charge is 0.0665 e. The van der Waals surface area contributed by atoms with Crippen molar-refractivity contribution in [3.05, 3.63) is 11.6 Å². The summed E-state index contributed by atoms with van der Waals surface area (Å²) in [5.74, 6) is 0.325. The van der Waals surface area contributed by atoms with Gasteiger partial charge >= 0.3 is 0 Å². The van der Waals surface area contributed by atoms with E-state index >= 15 is 0 Å². The maximum atomic E-state index is 8.87. The molecule has 0 heterocycles. The molecule has 1 fully saturated rings. The molecule has 0 saturated heterocycles. The Bertz CT molecular complexity index is 240. The van der Waals surface area contributed by atoms with Crippen molar-refractivity contribution in [3.8, 4) is 6.07 Å². The van der Waals surface area contributed by atoms with Crippen LogP contribution in [0.25, 0.3) is 0 Å². The lowest BCUT2D eigenvalue weighted by Gasteiger charge is -2.25. The standard InChI is InChI=1S/C10H13N/c1-8-2-3-9(7-11)10(6-8)4-5-10/h2,9H,3-6H2,1H3. The maximum Gasteiger partial charge on any atom is 0.0665 e. The van der Waals surface area contributed by atoms with Gasteiger partial charge in [-0.05, 0) is 38.0 Å². The van der Waals surface area contributed by atoms with Gasteiger partial charge in [-0.2, -0.15) is 5.26 Å². The summed E-state index contributed by atoms with van der Waals surface area (Å²) in [5.41, 5.74) is 1.93. The van der Waals surface area contributed by atoms with Crippen LogP contribution in [0.3, 0.4) is 0 Å². The first-order valence-corrected chi connectivity index (χ1v) is 4.32. The SMILES string of the molecule is CC1=CCC(C#N)C2(CC2)C1. The second-order valence-corrected chi connectivity index (χ2v) is 4.01. The van der Waals surface area contributed by atoms with Crippen LogP contribution in [0.2, 0.25) is 0 Å². The van der Waals surface area contributed by atoms with E-state index in [1.807, 2.05) is 0 Å². The zero-order valence-corrected chi connectivity index (χ0v) is 6.93. The van der Waals surface area contributed by atoms with Crippen LogP contribution in [0.1, 0.15) is 32.6 Å². The molecule has 0 N–H and O–H groups in total. The van der Waals surface area contributed by atoms with Crippen LogP contribution in [-0.2, 0) is 0 Å². The third-order valence-electron chi connectivity index (χ3n) is 3.12. The van der Waals surface area contributed by atoms with Crippen molar-refractivity contribution in [2.24, 2.45) is 11.3 Å². The Balaban J connectivity index is 2.21. The summed E-state index contributed by atoms with van der Waals surface area (Å²) in [4.78, 5) is 0. The molecule has 1 atom stereocenters. The monoisotopic (exact) mass is 147 g/mol. The number of nitriles is 1. The van der Waals surface area contributed by atoms with Gasteiger partial charge in [0.1, 0.15) is 0 Å². The highest BCUT2D eigenvalue weighted by atomic mass is 14.5. The van der Waals surface area contributed by atoms with Crippen molar-refractivity contribution in [2.75, 3.05) is 0 Å². The van der Waals surface area contributed by atoms with Crippen LogP contribution in [0.15, 0.2) is 11.6 Å². The Labute approximate surface area is 67.7 Å². The fraction of sp³-hybridized carbons (Fsp3) is 0.700. The van der Waals surface area contributed by atoms with Crippen molar-refractivity contribution in [2.45, 2.75) is 32.6 Å². The molecule has 2 rings (SSSR count). The maximum absolute atomic E-state index is 8.87. The molecule has 1 unspecified atom stereocenters. The molecule has 2 aliphatic carbocycles. The van der Waals surface area contributed by atoms with Crippen molar-refractivity contribution in [1.29, 1.82) is 5.26 Å². The third kappa shape index (κ3) is 0.976. The molecule has 0 radical (unpaired) electrons. The number of allylic oxidation sites excluding steroid dienone is 2. The Morgan fingerprint density at radius 2 is 2.36 bits per heavy atom.